The van der Waals surface area contributed by atoms with Gasteiger partial charge in [0.25, 0.3) is 0 Å². The van der Waals surface area contributed by atoms with E-state index in [2.05, 4.69) is 41.3 Å². The van der Waals surface area contributed by atoms with Gasteiger partial charge in [-0.1, -0.05) is 12.1 Å². The normalized spacial score (nSPS) is 11.7. The van der Waals surface area contributed by atoms with Gasteiger partial charge in [-0.2, -0.15) is 0 Å². The molecule has 0 saturated heterocycles. The molecule has 0 spiro atoms. The predicted octanol–water partition coefficient (Wildman–Crippen LogP) is 5.02. The summed E-state index contributed by atoms with van der Waals surface area (Å²) in [6.07, 6.45) is 0. The molecule has 5 nitrogen and oxygen atoms in total. The van der Waals surface area contributed by atoms with Gasteiger partial charge in [-0.15, -0.1) is 0 Å². The third-order valence-electron chi connectivity index (χ3n) is 6.32. The minimum atomic E-state index is -0.0154. The molecule has 0 radical (unpaired) electrons. The highest BCUT2D eigenvalue weighted by Crippen LogP contribution is 2.26. The monoisotopic (exact) mass is 411 g/mol. The maximum absolute atomic E-state index is 13.6. The maximum Gasteiger partial charge on any atom is 0.197 e. The lowest BCUT2D eigenvalue weighted by Crippen LogP contribution is -2.22. The topological polar surface area (TPSA) is 58.1 Å². The van der Waals surface area contributed by atoms with Gasteiger partial charge in [0.05, 0.1) is 16.6 Å². The number of benzene rings is 3. The highest BCUT2D eigenvalue weighted by molar-refractivity contribution is 6.03. The quantitative estimate of drug-likeness (QED) is 0.423. The Morgan fingerprint density at radius 1 is 0.742 bits per heavy atom. The molecular formula is C26H25N3O2. The number of pyridine rings is 2. The predicted molar refractivity (Wildman–Crippen MR) is 131 cm³/mol. The molecule has 0 aliphatic heterocycles. The molecule has 0 saturated carbocycles. The second kappa shape index (κ2) is 7.27. The lowest BCUT2D eigenvalue weighted by molar-refractivity contribution is 0.821. The van der Waals surface area contributed by atoms with E-state index in [1.165, 1.54) is 0 Å². The number of aryl methyl sites for hydroxylation is 1. The van der Waals surface area contributed by atoms with Gasteiger partial charge in [0.1, 0.15) is 0 Å². The van der Waals surface area contributed by atoms with Crippen LogP contribution < -0.4 is 15.8 Å². The average Bonchev–Trinajstić information content (AvgIpc) is 2.80. The summed E-state index contributed by atoms with van der Waals surface area (Å²) in [6, 6.07) is 17.3. The van der Waals surface area contributed by atoms with E-state index < -0.39 is 0 Å². The molecule has 2 heterocycles. The SMILES string of the molecule is CCN(CC)c1ccc2c(c1)c(=O)c1cc3[nH]c4ccccc4c(=O)c3cc1n2CC. The van der Waals surface area contributed by atoms with Crippen molar-refractivity contribution in [3.63, 3.8) is 0 Å². The van der Waals surface area contributed by atoms with Crippen LogP contribution in [0.3, 0.4) is 0 Å². The first-order valence-corrected chi connectivity index (χ1v) is 10.9. The van der Waals surface area contributed by atoms with Crippen LogP contribution >= 0.6 is 0 Å². The molecule has 5 rings (SSSR count). The molecule has 0 bridgehead atoms. The van der Waals surface area contributed by atoms with E-state index in [0.29, 0.717) is 33.6 Å². The van der Waals surface area contributed by atoms with Gasteiger partial charge in [-0.05, 0) is 63.2 Å². The fraction of sp³-hybridized carbons (Fsp3) is 0.231. The van der Waals surface area contributed by atoms with Gasteiger partial charge >= 0.3 is 0 Å². The number of hydrogen-bond acceptors (Lipinski definition) is 3. The van der Waals surface area contributed by atoms with Crippen molar-refractivity contribution >= 4 is 49.3 Å². The molecule has 0 unspecified atom stereocenters. The maximum atomic E-state index is 13.6. The van der Waals surface area contributed by atoms with E-state index in [4.69, 9.17) is 0 Å². The largest absolute Gasteiger partial charge is 0.372 e. The first kappa shape index (κ1) is 19.4. The number of aromatic nitrogens is 2. The third-order valence-corrected chi connectivity index (χ3v) is 6.32. The number of anilines is 1. The van der Waals surface area contributed by atoms with Crippen LogP contribution in [-0.4, -0.2) is 22.6 Å². The van der Waals surface area contributed by atoms with Crippen molar-refractivity contribution in [1.29, 1.82) is 0 Å². The van der Waals surface area contributed by atoms with Crippen molar-refractivity contribution in [3.05, 3.63) is 75.0 Å². The number of nitrogens with zero attached hydrogens (tertiary/aromatic N) is 2. The van der Waals surface area contributed by atoms with E-state index >= 15 is 0 Å². The zero-order valence-corrected chi connectivity index (χ0v) is 18.0. The highest BCUT2D eigenvalue weighted by atomic mass is 16.1. The fourth-order valence-corrected chi connectivity index (χ4v) is 4.71. The Bertz CT molecular complexity index is 1590. The van der Waals surface area contributed by atoms with Crippen molar-refractivity contribution in [1.82, 2.24) is 9.55 Å². The van der Waals surface area contributed by atoms with Gasteiger partial charge in [0.15, 0.2) is 10.9 Å². The molecule has 0 aliphatic rings. The van der Waals surface area contributed by atoms with Gasteiger partial charge in [0, 0.05) is 52.4 Å². The van der Waals surface area contributed by atoms with Crippen LogP contribution in [0.4, 0.5) is 5.69 Å². The Morgan fingerprint density at radius 3 is 2.19 bits per heavy atom. The number of fused-ring (bicyclic) bond motifs is 4. The Kier molecular flexibility index (Phi) is 4.54. The zero-order valence-electron chi connectivity index (χ0n) is 18.0. The average molecular weight is 412 g/mol. The molecule has 5 heteroatoms. The summed E-state index contributed by atoms with van der Waals surface area (Å²) in [5, 5.41) is 2.60. The molecule has 1 N–H and O–H groups in total. The highest BCUT2D eigenvalue weighted by Gasteiger charge is 2.15. The number of H-pyrrole nitrogens is 1. The zero-order chi connectivity index (χ0) is 21.7. The van der Waals surface area contributed by atoms with Gasteiger partial charge in [-0.25, -0.2) is 0 Å². The molecule has 31 heavy (non-hydrogen) atoms. The van der Waals surface area contributed by atoms with Gasteiger partial charge < -0.3 is 14.5 Å². The lowest BCUT2D eigenvalue weighted by atomic mass is 10.0. The summed E-state index contributed by atoms with van der Waals surface area (Å²) in [5.41, 5.74) is 4.20. The summed E-state index contributed by atoms with van der Waals surface area (Å²) >= 11 is 0. The van der Waals surface area contributed by atoms with Gasteiger partial charge in [-0.3, -0.25) is 9.59 Å². The van der Waals surface area contributed by atoms with Crippen LogP contribution in [0.15, 0.2) is 64.2 Å². The van der Waals surface area contributed by atoms with E-state index in [9.17, 15) is 9.59 Å². The molecule has 0 aliphatic carbocycles. The van der Waals surface area contributed by atoms with Crippen LogP contribution in [0.1, 0.15) is 20.8 Å². The summed E-state index contributed by atoms with van der Waals surface area (Å²) in [7, 11) is 0. The molecule has 0 atom stereocenters. The summed E-state index contributed by atoms with van der Waals surface area (Å²) in [5.74, 6) is 0. The van der Waals surface area contributed by atoms with Crippen LogP contribution in [0.2, 0.25) is 0 Å². The molecule has 0 amide bonds. The standard InChI is InChI=1S/C26H25N3O2/c1-4-28(5-2)16-11-12-23-19(13-16)26(31)20-14-22-18(15-24(20)29(23)6-3)25(30)17-9-7-8-10-21(17)27-22/h7-15H,4-6H2,1-3H3,(H,27,30). The Hall–Kier alpha value is -3.60. The van der Waals surface area contributed by atoms with Crippen LogP contribution in [0.5, 0.6) is 0 Å². The fourth-order valence-electron chi connectivity index (χ4n) is 4.71. The van der Waals surface area contributed by atoms with E-state index in [1.807, 2.05) is 48.5 Å². The summed E-state index contributed by atoms with van der Waals surface area (Å²) in [4.78, 5) is 32.3. The number of hydrogen-bond donors (Lipinski definition) is 1. The van der Waals surface area contributed by atoms with Crippen molar-refractivity contribution in [3.8, 4) is 0 Å². The van der Waals surface area contributed by atoms with Crippen molar-refractivity contribution < 1.29 is 0 Å². The molecule has 3 aromatic carbocycles. The first-order valence-electron chi connectivity index (χ1n) is 10.9. The second-order valence-electron chi connectivity index (χ2n) is 7.86. The minimum Gasteiger partial charge on any atom is -0.372 e. The Balaban J connectivity index is 1.93. The van der Waals surface area contributed by atoms with Gasteiger partial charge in [0.2, 0.25) is 0 Å². The summed E-state index contributed by atoms with van der Waals surface area (Å²) in [6.45, 7) is 8.77. The van der Waals surface area contributed by atoms with E-state index in [1.54, 1.807) is 0 Å². The van der Waals surface area contributed by atoms with Crippen molar-refractivity contribution in [2.45, 2.75) is 27.3 Å². The molecule has 0 fully saturated rings. The third kappa shape index (κ3) is 2.84. The molecule has 2 aromatic heterocycles. The smallest absolute Gasteiger partial charge is 0.197 e. The molecular weight excluding hydrogens is 386 g/mol. The van der Waals surface area contributed by atoms with Crippen molar-refractivity contribution in [2.24, 2.45) is 0 Å². The van der Waals surface area contributed by atoms with Crippen LogP contribution in [-0.2, 0) is 6.54 Å². The molecule has 156 valence electrons. The second-order valence-corrected chi connectivity index (χ2v) is 7.86. The van der Waals surface area contributed by atoms with E-state index in [0.717, 1.165) is 35.3 Å². The number of nitrogens with one attached hydrogen (secondary N) is 1. The van der Waals surface area contributed by atoms with Crippen molar-refractivity contribution in [2.75, 3.05) is 18.0 Å². The number of aromatic amines is 1. The molecule has 5 aromatic rings. The Morgan fingerprint density at radius 2 is 1.45 bits per heavy atom. The summed E-state index contributed by atoms with van der Waals surface area (Å²) < 4.78 is 2.13. The van der Waals surface area contributed by atoms with Crippen LogP contribution in [0.25, 0.3) is 43.6 Å². The first-order chi connectivity index (χ1) is 15.1. The van der Waals surface area contributed by atoms with Crippen LogP contribution in [0, 0.1) is 0 Å². The number of rotatable bonds is 4. The lowest BCUT2D eigenvalue weighted by Gasteiger charge is -2.22. The number of para-hydroxylation sites is 1. The van der Waals surface area contributed by atoms with E-state index in [-0.39, 0.29) is 10.9 Å². The Labute approximate surface area is 179 Å². The minimum absolute atomic E-state index is 0.000358.